The van der Waals surface area contributed by atoms with Crippen molar-refractivity contribution in [2.75, 3.05) is 26.8 Å². The molecule has 0 heterocycles. The van der Waals surface area contributed by atoms with Crippen LogP contribution in [0.15, 0.2) is 0 Å². The molecule has 0 aliphatic heterocycles. The van der Waals surface area contributed by atoms with Gasteiger partial charge in [-0.15, -0.1) is 0 Å². The van der Waals surface area contributed by atoms with Crippen molar-refractivity contribution in [3.63, 3.8) is 0 Å². The van der Waals surface area contributed by atoms with Gasteiger partial charge in [-0.1, -0.05) is 13.8 Å². The molecule has 4 nitrogen and oxygen atoms in total. The Hall–Kier alpha value is -0.610. The van der Waals surface area contributed by atoms with E-state index in [2.05, 4.69) is 24.5 Å². The van der Waals surface area contributed by atoms with E-state index in [0.717, 1.165) is 19.4 Å². The standard InChI is InChI=1S/C13H26N2O2/c1-13(2)6-4-11(5-7-13)15-12(16)10-14-8-9-17-3/h11,14H,4-10H2,1-3H3,(H,15,16). The van der Waals surface area contributed by atoms with Crippen LogP contribution in [0.25, 0.3) is 0 Å². The first kappa shape index (κ1) is 14.5. The Morgan fingerprint density at radius 2 is 2.00 bits per heavy atom. The highest BCUT2D eigenvalue weighted by atomic mass is 16.5. The third-order valence-corrected chi connectivity index (χ3v) is 3.47. The van der Waals surface area contributed by atoms with E-state index in [1.165, 1.54) is 12.8 Å². The molecule has 0 spiro atoms. The number of hydrogen-bond acceptors (Lipinski definition) is 3. The Balaban J connectivity index is 2.11. The van der Waals surface area contributed by atoms with Crippen LogP contribution in [0, 0.1) is 5.41 Å². The van der Waals surface area contributed by atoms with Crippen LogP contribution < -0.4 is 10.6 Å². The average molecular weight is 242 g/mol. The minimum atomic E-state index is 0.103. The van der Waals surface area contributed by atoms with E-state index < -0.39 is 0 Å². The van der Waals surface area contributed by atoms with Crippen LogP contribution in [0.5, 0.6) is 0 Å². The highest BCUT2D eigenvalue weighted by Gasteiger charge is 2.27. The van der Waals surface area contributed by atoms with Crippen LogP contribution in [0.4, 0.5) is 0 Å². The fraction of sp³-hybridized carbons (Fsp3) is 0.923. The van der Waals surface area contributed by atoms with Crippen LogP contribution in [0.3, 0.4) is 0 Å². The fourth-order valence-corrected chi connectivity index (χ4v) is 2.20. The number of methoxy groups -OCH3 is 1. The van der Waals surface area contributed by atoms with Crippen molar-refractivity contribution < 1.29 is 9.53 Å². The molecule has 1 fully saturated rings. The molecule has 4 heteroatoms. The molecule has 1 saturated carbocycles. The van der Waals surface area contributed by atoms with Gasteiger partial charge in [0.25, 0.3) is 0 Å². The summed E-state index contributed by atoms with van der Waals surface area (Å²) < 4.78 is 4.90. The number of nitrogens with one attached hydrogen (secondary N) is 2. The van der Waals surface area contributed by atoms with Gasteiger partial charge < -0.3 is 15.4 Å². The molecular formula is C13H26N2O2. The molecule has 0 aromatic heterocycles. The highest BCUT2D eigenvalue weighted by Crippen LogP contribution is 2.34. The molecule has 0 aromatic rings. The van der Waals surface area contributed by atoms with Crippen molar-refractivity contribution in [2.45, 2.75) is 45.6 Å². The Morgan fingerprint density at radius 3 is 2.59 bits per heavy atom. The van der Waals surface area contributed by atoms with Gasteiger partial charge in [0.15, 0.2) is 0 Å². The molecule has 2 N–H and O–H groups in total. The molecule has 1 amide bonds. The Kier molecular flexibility index (Phi) is 5.92. The van der Waals surface area contributed by atoms with E-state index in [0.29, 0.717) is 24.6 Å². The smallest absolute Gasteiger partial charge is 0.234 e. The van der Waals surface area contributed by atoms with Crippen LogP contribution in [0.1, 0.15) is 39.5 Å². The fourth-order valence-electron chi connectivity index (χ4n) is 2.20. The van der Waals surface area contributed by atoms with Crippen LogP contribution in [0.2, 0.25) is 0 Å². The van der Waals surface area contributed by atoms with Crippen LogP contribution in [-0.4, -0.2) is 38.8 Å². The molecule has 17 heavy (non-hydrogen) atoms. The lowest BCUT2D eigenvalue weighted by Gasteiger charge is -2.34. The maximum absolute atomic E-state index is 11.6. The van der Waals surface area contributed by atoms with Crippen molar-refractivity contribution in [3.05, 3.63) is 0 Å². The van der Waals surface area contributed by atoms with Crippen molar-refractivity contribution in [1.82, 2.24) is 10.6 Å². The summed E-state index contributed by atoms with van der Waals surface area (Å²) in [6, 6.07) is 0.375. The van der Waals surface area contributed by atoms with Crippen LogP contribution in [-0.2, 0) is 9.53 Å². The van der Waals surface area contributed by atoms with Gasteiger partial charge in [-0.25, -0.2) is 0 Å². The Bertz CT molecular complexity index is 232. The van der Waals surface area contributed by atoms with Gasteiger partial charge in [0.1, 0.15) is 0 Å². The van der Waals surface area contributed by atoms with E-state index in [1.54, 1.807) is 7.11 Å². The van der Waals surface area contributed by atoms with E-state index in [1.807, 2.05) is 0 Å². The third-order valence-electron chi connectivity index (χ3n) is 3.47. The van der Waals surface area contributed by atoms with Gasteiger partial charge in [-0.3, -0.25) is 4.79 Å². The number of ether oxygens (including phenoxy) is 1. The molecule has 0 radical (unpaired) electrons. The summed E-state index contributed by atoms with van der Waals surface area (Å²) >= 11 is 0. The Morgan fingerprint density at radius 1 is 1.35 bits per heavy atom. The average Bonchev–Trinajstić information content (AvgIpc) is 2.28. The monoisotopic (exact) mass is 242 g/mol. The molecule has 0 aromatic carbocycles. The first-order valence-electron chi connectivity index (χ1n) is 6.52. The molecule has 100 valence electrons. The molecule has 0 unspecified atom stereocenters. The molecule has 0 bridgehead atoms. The number of carbonyl (C=O) groups excluding carboxylic acids is 1. The molecule has 1 rings (SSSR count). The quantitative estimate of drug-likeness (QED) is 0.690. The zero-order valence-corrected chi connectivity index (χ0v) is 11.3. The van der Waals surface area contributed by atoms with Gasteiger partial charge in [0.2, 0.25) is 5.91 Å². The summed E-state index contributed by atoms with van der Waals surface area (Å²) in [4.78, 5) is 11.6. The van der Waals surface area contributed by atoms with Crippen molar-refractivity contribution >= 4 is 5.91 Å². The minimum Gasteiger partial charge on any atom is -0.383 e. The van der Waals surface area contributed by atoms with Gasteiger partial charge in [-0.05, 0) is 31.1 Å². The molecule has 1 aliphatic rings. The van der Waals surface area contributed by atoms with Gasteiger partial charge >= 0.3 is 0 Å². The van der Waals surface area contributed by atoms with Crippen LogP contribution >= 0.6 is 0 Å². The van der Waals surface area contributed by atoms with Crippen molar-refractivity contribution in [2.24, 2.45) is 5.41 Å². The summed E-state index contributed by atoms with van der Waals surface area (Å²) in [5.74, 6) is 0.103. The summed E-state index contributed by atoms with van der Waals surface area (Å²) in [5.41, 5.74) is 0.456. The van der Waals surface area contributed by atoms with Crippen molar-refractivity contribution in [1.29, 1.82) is 0 Å². The Labute approximate surface area is 104 Å². The predicted octanol–water partition coefficient (Wildman–Crippen LogP) is 1.31. The minimum absolute atomic E-state index is 0.103. The zero-order valence-electron chi connectivity index (χ0n) is 11.3. The largest absolute Gasteiger partial charge is 0.383 e. The topological polar surface area (TPSA) is 50.4 Å². The van der Waals surface area contributed by atoms with E-state index in [4.69, 9.17) is 4.74 Å². The highest BCUT2D eigenvalue weighted by molar-refractivity contribution is 5.78. The number of amides is 1. The molecule has 0 atom stereocenters. The maximum Gasteiger partial charge on any atom is 0.234 e. The summed E-state index contributed by atoms with van der Waals surface area (Å²) in [7, 11) is 1.66. The second-order valence-corrected chi connectivity index (χ2v) is 5.68. The zero-order chi connectivity index (χ0) is 12.7. The summed E-state index contributed by atoms with van der Waals surface area (Å²) in [6.07, 6.45) is 4.62. The lowest BCUT2D eigenvalue weighted by atomic mass is 9.75. The number of rotatable bonds is 6. The third kappa shape index (κ3) is 6.03. The summed E-state index contributed by atoms with van der Waals surface area (Å²) in [6.45, 7) is 6.37. The van der Waals surface area contributed by atoms with Gasteiger partial charge in [-0.2, -0.15) is 0 Å². The van der Waals surface area contributed by atoms with Gasteiger partial charge in [0.05, 0.1) is 13.2 Å². The normalized spacial score (nSPS) is 20.2. The second-order valence-electron chi connectivity index (χ2n) is 5.68. The summed E-state index contributed by atoms with van der Waals surface area (Å²) in [5, 5.41) is 6.15. The van der Waals surface area contributed by atoms with E-state index in [-0.39, 0.29) is 5.91 Å². The number of hydrogen-bond donors (Lipinski definition) is 2. The first-order valence-corrected chi connectivity index (χ1v) is 6.52. The SMILES string of the molecule is COCCNCC(=O)NC1CCC(C)(C)CC1. The molecular weight excluding hydrogens is 216 g/mol. The lowest BCUT2D eigenvalue weighted by molar-refractivity contribution is -0.121. The van der Waals surface area contributed by atoms with E-state index in [9.17, 15) is 4.79 Å². The maximum atomic E-state index is 11.6. The van der Waals surface area contributed by atoms with Crippen molar-refractivity contribution in [3.8, 4) is 0 Å². The molecule has 0 saturated heterocycles. The number of carbonyl (C=O) groups is 1. The molecule has 1 aliphatic carbocycles. The predicted molar refractivity (Wildman–Crippen MR) is 68.9 cm³/mol. The van der Waals surface area contributed by atoms with Gasteiger partial charge in [0, 0.05) is 19.7 Å². The van der Waals surface area contributed by atoms with E-state index >= 15 is 0 Å². The first-order chi connectivity index (χ1) is 8.03. The second kappa shape index (κ2) is 6.97. The lowest BCUT2D eigenvalue weighted by Crippen LogP contribution is -2.43.